The molecule has 5 nitrogen and oxygen atoms in total. The van der Waals surface area contributed by atoms with E-state index in [1.165, 1.54) is 12.1 Å². The number of rotatable bonds is 4. The van der Waals surface area contributed by atoms with Gasteiger partial charge in [-0.3, -0.25) is 4.55 Å². The van der Waals surface area contributed by atoms with Crippen molar-refractivity contribution in [2.45, 2.75) is 11.4 Å². The molecule has 0 aromatic heterocycles. The SMILES string of the molecule is Nc1cc(NCc2ccccc2)ccc1S(=O)(=O)O. The first-order valence-electron chi connectivity index (χ1n) is 5.61. The molecule has 2 aromatic rings. The first kappa shape index (κ1) is 13.4. The molecule has 0 bridgehead atoms. The standard InChI is InChI=1S/C13H14N2O3S/c14-12-8-11(6-7-13(12)19(16,17)18)15-9-10-4-2-1-3-5-10/h1-8,15H,9,14H2,(H,16,17,18). The van der Waals surface area contributed by atoms with Gasteiger partial charge < -0.3 is 11.1 Å². The molecule has 19 heavy (non-hydrogen) atoms. The van der Waals surface area contributed by atoms with Gasteiger partial charge in [0.05, 0.1) is 5.69 Å². The van der Waals surface area contributed by atoms with E-state index in [-0.39, 0.29) is 10.6 Å². The number of nitrogen functional groups attached to an aromatic ring is 1. The van der Waals surface area contributed by atoms with E-state index < -0.39 is 10.1 Å². The Morgan fingerprint density at radius 1 is 1.11 bits per heavy atom. The van der Waals surface area contributed by atoms with Gasteiger partial charge in [-0.15, -0.1) is 0 Å². The quantitative estimate of drug-likeness (QED) is 0.588. The highest BCUT2D eigenvalue weighted by atomic mass is 32.2. The minimum absolute atomic E-state index is 0.0144. The molecule has 0 fully saturated rings. The van der Waals surface area contributed by atoms with E-state index in [0.29, 0.717) is 12.2 Å². The highest BCUT2D eigenvalue weighted by Gasteiger charge is 2.13. The molecule has 2 aromatic carbocycles. The smallest absolute Gasteiger partial charge is 0.296 e. The summed E-state index contributed by atoms with van der Waals surface area (Å²) in [6.45, 7) is 0.603. The molecule has 100 valence electrons. The second-order valence-corrected chi connectivity index (χ2v) is 5.46. The summed E-state index contributed by atoms with van der Waals surface area (Å²) in [5.41, 5.74) is 7.40. The Bertz CT molecular complexity index is 670. The molecule has 0 atom stereocenters. The van der Waals surface area contributed by atoms with E-state index in [2.05, 4.69) is 5.32 Å². The van der Waals surface area contributed by atoms with E-state index >= 15 is 0 Å². The largest absolute Gasteiger partial charge is 0.398 e. The summed E-state index contributed by atoms with van der Waals surface area (Å²) in [5.74, 6) is 0. The van der Waals surface area contributed by atoms with Crippen LogP contribution in [0.15, 0.2) is 53.4 Å². The molecule has 0 saturated heterocycles. The van der Waals surface area contributed by atoms with Crippen molar-refractivity contribution in [2.75, 3.05) is 11.1 Å². The summed E-state index contributed by atoms with van der Waals surface area (Å²) in [5, 5.41) is 3.12. The molecule has 0 radical (unpaired) electrons. The van der Waals surface area contributed by atoms with Crippen molar-refractivity contribution in [2.24, 2.45) is 0 Å². The van der Waals surface area contributed by atoms with E-state index in [1.54, 1.807) is 6.07 Å². The fourth-order valence-corrected chi connectivity index (χ4v) is 2.29. The molecular weight excluding hydrogens is 264 g/mol. The Kier molecular flexibility index (Phi) is 3.73. The van der Waals surface area contributed by atoms with Gasteiger partial charge in [0.15, 0.2) is 0 Å². The van der Waals surface area contributed by atoms with Gasteiger partial charge in [0.2, 0.25) is 0 Å². The van der Waals surface area contributed by atoms with Crippen molar-refractivity contribution in [3.05, 3.63) is 54.1 Å². The van der Waals surface area contributed by atoms with Crippen LogP contribution in [0.2, 0.25) is 0 Å². The molecular formula is C13H14N2O3S. The Balaban J connectivity index is 2.13. The number of benzene rings is 2. The third-order valence-electron chi connectivity index (χ3n) is 2.63. The maximum atomic E-state index is 11.0. The van der Waals surface area contributed by atoms with Gasteiger partial charge in [-0.05, 0) is 23.8 Å². The van der Waals surface area contributed by atoms with Gasteiger partial charge in [-0.2, -0.15) is 8.42 Å². The lowest BCUT2D eigenvalue weighted by atomic mass is 10.2. The summed E-state index contributed by atoms with van der Waals surface area (Å²) < 4.78 is 30.9. The third-order valence-corrected chi connectivity index (χ3v) is 3.55. The minimum Gasteiger partial charge on any atom is -0.398 e. The fraction of sp³-hybridized carbons (Fsp3) is 0.0769. The molecule has 0 spiro atoms. The number of hydrogen-bond acceptors (Lipinski definition) is 4. The van der Waals surface area contributed by atoms with Crippen molar-refractivity contribution in [1.82, 2.24) is 0 Å². The predicted molar refractivity (Wildman–Crippen MR) is 74.4 cm³/mol. The number of nitrogens with two attached hydrogens (primary N) is 1. The first-order chi connectivity index (χ1) is 8.97. The van der Waals surface area contributed by atoms with Crippen LogP contribution in [-0.4, -0.2) is 13.0 Å². The molecule has 2 rings (SSSR count). The number of nitrogens with one attached hydrogen (secondary N) is 1. The number of hydrogen-bond donors (Lipinski definition) is 3. The summed E-state index contributed by atoms with van der Waals surface area (Å²) in [6.07, 6.45) is 0. The van der Waals surface area contributed by atoms with Crippen molar-refractivity contribution in [3.63, 3.8) is 0 Å². The zero-order valence-corrected chi connectivity index (χ0v) is 10.9. The Morgan fingerprint density at radius 3 is 2.37 bits per heavy atom. The van der Waals surface area contributed by atoms with E-state index in [0.717, 1.165) is 5.56 Å². The summed E-state index contributed by atoms with van der Waals surface area (Å²) >= 11 is 0. The third kappa shape index (κ3) is 3.46. The van der Waals surface area contributed by atoms with E-state index in [4.69, 9.17) is 10.3 Å². The molecule has 0 saturated carbocycles. The molecule has 0 amide bonds. The lowest BCUT2D eigenvalue weighted by Gasteiger charge is -2.09. The predicted octanol–water partition coefficient (Wildman–Crippen LogP) is 2.13. The molecule has 0 aliphatic carbocycles. The van der Waals surface area contributed by atoms with Crippen LogP contribution in [0.4, 0.5) is 11.4 Å². The van der Waals surface area contributed by atoms with Gasteiger partial charge in [0, 0.05) is 12.2 Å². The lowest BCUT2D eigenvalue weighted by Crippen LogP contribution is -2.05. The van der Waals surface area contributed by atoms with Gasteiger partial charge in [0.25, 0.3) is 10.1 Å². The monoisotopic (exact) mass is 278 g/mol. The minimum atomic E-state index is -4.27. The van der Waals surface area contributed by atoms with Crippen LogP contribution in [0.3, 0.4) is 0 Å². The molecule has 0 heterocycles. The van der Waals surface area contributed by atoms with Crippen molar-refractivity contribution in [1.29, 1.82) is 0 Å². The Hall–Kier alpha value is -2.05. The van der Waals surface area contributed by atoms with Crippen LogP contribution in [0.5, 0.6) is 0 Å². The average Bonchev–Trinajstić information content (AvgIpc) is 2.36. The second kappa shape index (κ2) is 5.29. The molecule has 0 aliphatic heterocycles. The zero-order chi connectivity index (χ0) is 13.9. The summed E-state index contributed by atoms with van der Waals surface area (Å²) in [7, 11) is -4.27. The van der Waals surface area contributed by atoms with Crippen LogP contribution in [-0.2, 0) is 16.7 Å². The summed E-state index contributed by atoms with van der Waals surface area (Å²) in [6, 6.07) is 14.1. The Morgan fingerprint density at radius 2 is 1.79 bits per heavy atom. The van der Waals surface area contributed by atoms with E-state index in [1.807, 2.05) is 30.3 Å². The molecule has 0 aliphatic rings. The van der Waals surface area contributed by atoms with Crippen molar-refractivity contribution in [3.8, 4) is 0 Å². The molecule has 0 unspecified atom stereocenters. The van der Waals surface area contributed by atoms with Crippen LogP contribution in [0.1, 0.15) is 5.56 Å². The highest BCUT2D eigenvalue weighted by Crippen LogP contribution is 2.22. The van der Waals surface area contributed by atoms with Crippen LogP contribution < -0.4 is 11.1 Å². The van der Waals surface area contributed by atoms with E-state index in [9.17, 15) is 8.42 Å². The summed E-state index contributed by atoms with van der Waals surface area (Å²) in [4.78, 5) is -0.280. The zero-order valence-electron chi connectivity index (χ0n) is 10.1. The molecule has 4 N–H and O–H groups in total. The number of anilines is 2. The van der Waals surface area contributed by atoms with Gasteiger partial charge in [-0.1, -0.05) is 30.3 Å². The average molecular weight is 278 g/mol. The van der Waals surface area contributed by atoms with Crippen LogP contribution in [0.25, 0.3) is 0 Å². The highest BCUT2D eigenvalue weighted by molar-refractivity contribution is 7.86. The van der Waals surface area contributed by atoms with Gasteiger partial charge in [0.1, 0.15) is 4.90 Å². The molecule has 6 heteroatoms. The lowest BCUT2D eigenvalue weighted by molar-refractivity contribution is 0.483. The topological polar surface area (TPSA) is 92.4 Å². The van der Waals surface area contributed by atoms with Crippen molar-refractivity contribution < 1.29 is 13.0 Å². The first-order valence-corrected chi connectivity index (χ1v) is 7.05. The van der Waals surface area contributed by atoms with Gasteiger partial charge in [-0.25, -0.2) is 0 Å². The maximum absolute atomic E-state index is 11.0. The van der Waals surface area contributed by atoms with Gasteiger partial charge >= 0.3 is 0 Å². The second-order valence-electron chi connectivity index (χ2n) is 4.07. The van der Waals surface area contributed by atoms with Crippen LogP contribution >= 0.6 is 0 Å². The normalized spacial score (nSPS) is 11.2. The van der Waals surface area contributed by atoms with Crippen LogP contribution in [0, 0.1) is 0 Å². The van der Waals surface area contributed by atoms with Crippen molar-refractivity contribution >= 4 is 21.5 Å². The fourth-order valence-electron chi connectivity index (χ4n) is 1.69. The Labute approximate surface area is 111 Å². The maximum Gasteiger partial charge on any atom is 0.296 e.